The van der Waals surface area contributed by atoms with Crippen molar-refractivity contribution in [2.75, 3.05) is 0 Å². The summed E-state index contributed by atoms with van der Waals surface area (Å²) >= 11 is 2.97. The number of rotatable bonds is 4. The monoisotopic (exact) mass is 373 g/mol. The van der Waals surface area contributed by atoms with Gasteiger partial charge in [-0.05, 0) is 47.0 Å². The molecule has 1 rings (SSSR count). The first-order valence-electron chi connectivity index (χ1n) is 5.84. The molecule has 0 saturated carbocycles. The molecule has 0 heterocycles. The Bertz CT molecular complexity index is 585. The van der Waals surface area contributed by atoms with Gasteiger partial charge in [0.2, 0.25) is 10.0 Å². The number of alkyl halides is 3. The Kier molecular flexibility index (Phi) is 5.26. The number of hydrogen-bond acceptors (Lipinski definition) is 2. The van der Waals surface area contributed by atoms with Gasteiger partial charge in [-0.3, -0.25) is 0 Å². The van der Waals surface area contributed by atoms with Gasteiger partial charge in [-0.25, -0.2) is 13.1 Å². The summed E-state index contributed by atoms with van der Waals surface area (Å²) in [5, 5.41) is 0. The molecule has 0 aliphatic heterocycles. The highest BCUT2D eigenvalue weighted by Gasteiger charge is 2.33. The van der Waals surface area contributed by atoms with E-state index >= 15 is 0 Å². The molecule has 1 unspecified atom stereocenters. The van der Waals surface area contributed by atoms with Crippen molar-refractivity contribution in [3.8, 4) is 0 Å². The third-order valence-corrected chi connectivity index (χ3v) is 5.44. The zero-order valence-corrected chi connectivity index (χ0v) is 13.5. The van der Waals surface area contributed by atoms with Gasteiger partial charge in [-0.2, -0.15) is 13.2 Å². The van der Waals surface area contributed by atoms with Gasteiger partial charge in [-0.15, -0.1) is 0 Å². The lowest BCUT2D eigenvalue weighted by Crippen LogP contribution is -2.36. The van der Waals surface area contributed by atoms with Crippen LogP contribution >= 0.6 is 15.9 Å². The second kappa shape index (κ2) is 6.03. The molecule has 1 aromatic carbocycles. The van der Waals surface area contributed by atoms with Crippen LogP contribution in [0.4, 0.5) is 13.2 Å². The van der Waals surface area contributed by atoms with E-state index in [1.807, 2.05) is 13.8 Å². The smallest absolute Gasteiger partial charge is 0.208 e. The van der Waals surface area contributed by atoms with E-state index in [1.54, 1.807) is 6.92 Å². The maximum atomic E-state index is 12.6. The average Bonchev–Trinajstić information content (AvgIpc) is 2.26. The molecule has 0 spiro atoms. The molecule has 0 saturated heterocycles. The average molecular weight is 374 g/mol. The van der Waals surface area contributed by atoms with E-state index in [2.05, 4.69) is 20.7 Å². The minimum absolute atomic E-state index is 0.0225. The highest BCUT2D eigenvalue weighted by atomic mass is 79.9. The van der Waals surface area contributed by atoms with Gasteiger partial charge in [0.15, 0.2) is 0 Å². The van der Waals surface area contributed by atoms with Crippen LogP contribution in [0, 0.1) is 5.92 Å². The van der Waals surface area contributed by atoms with Crippen LogP contribution in [-0.4, -0.2) is 14.5 Å². The summed E-state index contributed by atoms with van der Waals surface area (Å²) in [7, 11) is -4.01. The molecule has 0 aliphatic carbocycles. The molecule has 114 valence electrons. The van der Waals surface area contributed by atoms with E-state index in [4.69, 9.17) is 0 Å². The molecular formula is C12H15BrF3NO2S. The second-order valence-corrected chi connectivity index (χ2v) is 7.33. The molecule has 0 aromatic heterocycles. The standard InChI is InChI=1S/C12H15BrF3NO2S/c1-7(2)8(3)17-20(18,19)11-6-9(12(14,15)16)4-5-10(11)13/h4-8,17H,1-3H3. The molecule has 1 aromatic rings. The summed E-state index contributed by atoms with van der Waals surface area (Å²) in [6.07, 6.45) is -4.59. The van der Waals surface area contributed by atoms with E-state index in [0.717, 1.165) is 12.1 Å². The fourth-order valence-electron chi connectivity index (χ4n) is 1.33. The summed E-state index contributed by atoms with van der Waals surface area (Å²) in [5.41, 5.74) is -1.00. The van der Waals surface area contributed by atoms with E-state index in [9.17, 15) is 21.6 Å². The quantitative estimate of drug-likeness (QED) is 0.872. The van der Waals surface area contributed by atoms with Crippen LogP contribution in [0.5, 0.6) is 0 Å². The van der Waals surface area contributed by atoms with Crippen molar-refractivity contribution in [1.82, 2.24) is 4.72 Å². The van der Waals surface area contributed by atoms with Crippen molar-refractivity contribution < 1.29 is 21.6 Å². The van der Waals surface area contributed by atoms with Crippen LogP contribution in [0.15, 0.2) is 27.6 Å². The SMILES string of the molecule is CC(C)C(C)NS(=O)(=O)c1cc(C(F)(F)F)ccc1Br. The number of nitrogens with one attached hydrogen (secondary N) is 1. The molecule has 0 aliphatic rings. The number of halogens is 4. The van der Waals surface area contributed by atoms with Crippen LogP contribution in [0.25, 0.3) is 0 Å². The molecule has 0 amide bonds. The number of benzene rings is 1. The first kappa shape index (κ1) is 17.5. The molecular weight excluding hydrogens is 359 g/mol. The van der Waals surface area contributed by atoms with Crippen molar-refractivity contribution >= 4 is 26.0 Å². The van der Waals surface area contributed by atoms with Gasteiger partial charge in [0.25, 0.3) is 0 Å². The minimum Gasteiger partial charge on any atom is -0.208 e. The summed E-state index contributed by atoms with van der Waals surface area (Å²) in [4.78, 5) is -0.417. The van der Waals surface area contributed by atoms with Crippen molar-refractivity contribution in [3.63, 3.8) is 0 Å². The molecule has 20 heavy (non-hydrogen) atoms. The zero-order chi connectivity index (χ0) is 15.7. The van der Waals surface area contributed by atoms with Crippen molar-refractivity contribution in [3.05, 3.63) is 28.2 Å². The van der Waals surface area contributed by atoms with Crippen LogP contribution in [0.2, 0.25) is 0 Å². The molecule has 1 N–H and O–H groups in total. The van der Waals surface area contributed by atoms with Gasteiger partial charge in [0, 0.05) is 10.5 Å². The van der Waals surface area contributed by atoms with Gasteiger partial charge in [0.1, 0.15) is 0 Å². The molecule has 0 bridgehead atoms. The predicted octanol–water partition coefficient (Wildman–Crippen LogP) is 3.79. The highest BCUT2D eigenvalue weighted by molar-refractivity contribution is 9.10. The lowest BCUT2D eigenvalue weighted by molar-refractivity contribution is -0.137. The number of hydrogen-bond donors (Lipinski definition) is 1. The second-order valence-electron chi connectivity index (χ2n) is 4.80. The third kappa shape index (κ3) is 4.20. The Labute approximate surface area is 124 Å². The molecule has 3 nitrogen and oxygen atoms in total. The van der Waals surface area contributed by atoms with Gasteiger partial charge < -0.3 is 0 Å². The van der Waals surface area contributed by atoms with Gasteiger partial charge in [0.05, 0.1) is 10.5 Å². The predicted molar refractivity (Wildman–Crippen MR) is 73.8 cm³/mol. The van der Waals surface area contributed by atoms with Crippen LogP contribution < -0.4 is 4.72 Å². The van der Waals surface area contributed by atoms with Crippen molar-refractivity contribution in [1.29, 1.82) is 0 Å². The van der Waals surface area contributed by atoms with Crippen molar-refractivity contribution in [2.24, 2.45) is 5.92 Å². The lowest BCUT2D eigenvalue weighted by atomic mass is 10.1. The van der Waals surface area contributed by atoms with E-state index < -0.39 is 26.7 Å². The number of sulfonamides is 1. The Hall–Kier alpha value is -0.600. The van der Waals surface area contributed by atoms with Crippen LogP contribution in [-0.2, 0) is 16.2 Å². The maximum Gasteiger partial charge on any atom is 0.416 e. The Morgan fingerprint density at radius 2 is 1.75 bits per heavy atom. The normalized spacial score (nSPS) is 14.6. The van der Waals surface area contributed by atoms with E-state index in [1.165, 1.54) is 0 Å². The third-order valence-electron chi connectivity index (χ3n) is 2.89. The summed E-state index contributed by atoms with van der Waals surface area (Å²) in [6, 6.07) is 2.15. The van der Waals surface area contributed by atoms with E-state index in [-0.39, 0.29) is 16.4 Å². The van der Waals surface area contributed by atoms with E-state index in [0.29, 0.717) is 6.07 Å². The van der Waals surface area contributed by atoms with Gasteiger partial charge in [-0.1, -0.05) is 13.8 Å². The fraction of sp³-hybridized carbons (Fsp3) is 0.500. The maximum absolute atomic E-state index is 12.6. The molecule has 1 atom stereocenters. The Balaban J connectivity index is 3.25. The summed E-state index contributed by atoms with van der Waals surface area (Å²) in [6.45, 7) is 5.28. The Morgan fingerprint density at radius 1 is 1.20 bits per heavy atom. The highest BCUT2D eigenvalue weighted by Crippen LogP contribution is 2.33. The lowest BCUT2D eigenvalue weighted by Gasteiger charge is -2.18. The zero-order valence-electron chi connectivity index (χ0n) is 11.1. The topological polar surface area (TPSA) is 46.2 Å². The Morgan fingerprint density at radius 3 is 2.20 bits per heavy atom. The summed E-state index contributed by atoms with van der Waals surface area (Å²) in [5.74, 6) is 0.0225. The van der Waals surface area contributed by atoms with Crippen LogP contribution in [0.3, 0.4) is 0 Å². The molecule has 0 radical (unpaired) electrons. The first-order chi connectivity index (χ1) is 8.95. The van der Waals surface area contributed by atoms with Crippen molar-refractivity contribution in [2.45, 2.75) is 37.9 Å². The molecule has 0 fully saturated rings. The molecule has 8 heteroatoms. The van der Waals surface area contributed by atoms with Crippen LogP contribution in [0.1, 0.15) is 26.3 Å². The largest absolute Gasteiger partial charge is 0.416 e. The first-order valence-corrected chi connectivity index (χ1v) is 8.12. The minimum atomic E-state index is -4.59. The van der Waals surface area contributed by atoms with Gasteiger partial charge >= 0.3 is 6.18 Å². The fourth-order valence-corrected chi connectivity index (χ4v) is 3.71. The summed E-state index contributed by atoms with van der Waals surface area (Å²) < 4.78 is 64.7.